The van der Waals surface area contributed by atoms with Crippen LogP contribution in [0, 0.1) is 0 Å². The topological polar surface area (TPSA) is 63.7 Å². The Morgan fingerprint density at radius 1 is 1.14 bits per heavy atom. The van der Waals surface area contributed by atoms with Crippen LogP contribution >= 0.6 is 34.8 Å². The molecule has 0 bridgehead atoms. The van der Waals surface area contributed by atoms with E-state index in [1.165, 1.54) is 12.1 Å². The van der Waals surface area contributed by atoms with Gasteiger partial charge in [-0.25, -0.2) is 8.42 Å². The van der Waals surface area contributed by atoms with Gasteiger partial charge >= 0.3 is 0 Å². The van der Waals surface area contributed by atoms with Gasteiger partial charge in [0.05, 0.1) is 28.2 Å². The molecule has 156 valence electrons. The smallest absolute Gasteiger partial charge is 0.254 e. The lowest BCUT2D eigenvalue weighted by Crippen LogP contribution is -2.40. The minimum Gasteiger partial charge on any atom is -0.491 e. The molecule has 0 N–H and O–H groups in total. The highest BCUT2D eigenvalue weighted by Crippen LogP contribution is 2.35. The molecule has 0 aliphatic carbocycles. The van der Waals surface area contributed by atoms with Crippen LogP contribution in [0.4, 0.5) is 0 Å². The van der Waals surface area contributed by atoms with E-state index in [9.17, 15) is 13.2 Å². The van der Waals surface area contributed by atoms with Gasteiger partial charge in [-0.1, -0.05) is 46.9 Å². The molecule has 29 heavy (non-hydrogen) atoms. The fraction of sp³-hybridized carbons (Fsp3) is 0.350. The first kappa shape index (κ1) is 22.2. The molecular weight excluding hydrogens is 457 g/mol. The first-order valence-electron chi connectivity index (χ1n) is 9.08. The molecule has 1 unspecified atom stereocenters. The van der Waals surface area contributed by atoms with Crippen LogP contribution in [0.5, 0.6) is 5.75 Å². The molecule has 1 aliphatic heterocycles. The van der Waals surface area contributed by atoms with E-state index in [2.05, 4.69) is 0 Å². The van der Waals surface area contributed by atoms with E-state index in [4.69, 9.17) is 39.5 Å². The molecule has 1 amide bonds. The summed E-state index contributed by atoms with van der Waals surface area (Å²) in [6.45, 7) is 2.44. The number of benzene rings is 2. The van der Waals surface area contributed by atoms with Crippen molar-refractivity contribution < 1.29 is 17.9 Å². The van der Waals surface area contributed by atoms with Crippen molar-refractivity contribution in [2.24, 2.45) is 0 Å². The minimum absolute atomic E-state index is 0.0624. The van der Waals surface area contributed by atoms with E-state index in [-0.39, 0.29) is 39.6 Å². The quantitative estimate of drug-likeness (QED) is 0.596. The van der Waals surface area contributed by atoms with Gasteiger partial charge in [0.25, 0.3) is 5.91 Å². The van der Waals surface area contributed by atoms with Crippen molar-refractivity contribution >= 4 is 50.5 Å². The Hall–Kier alpha value is -1.47. The lowest BCUT2D eigenvalue weighted by Gasteiger charge is -2.29. The number of ether oxygens (including phenoxy) is 1. The molecule has 1 aliphatic rings. The highest BCUT2D eigenvalue weighted by Gasteiger charge is 2.35. The number of hydrogen-bond acceptors (Lipinski definition) is 4. The molecule has 1 atom stereocenters. The summed E-state index contributed by atoms with van der Waals surface area (Å²) in [7, 11) is -3.17. The first-order valence-corrected chi connectivity index (χ1v) is 12.0. The second-order valence-electron chi connectivity index (χ2n) is 6.82. The zero-order valence-corrected chi connectivity index (χ0v) is 18.8. The molecule has 0 radical (unpaired) electrons. The third-order valence-corrected chi connectivity index (χ3v) is 7.27. The third kappa shape index (κ3) is 5.37. The fourth-order valence-corrected chi connectivity index (χ4v) is 5.76. The van der Waals surface area contributed by atoms with Gasteiger partial charge in [0.1, 0.15) is 0 Å². The summed E-state index contributed by atoms with van der Waals surface area (Å²) in [5.74, 6) is -0.0218. The van der Waals surface area contributed by atoms with Crippen molar-refractivity contribution in [3.05, 3.63) is 62.6 Å². The molecule has 1 heterocycles. The van der Waals surface area contributed by atoms with Crippen molar-refractivity contribution in [2.45, 2.75) is 25.9 Å². The van der Waals surface area contributed by atoms with Crippen LogP contribution in [-0.4, -0.2) is 43.4 Å². The zero-order valence-electron chi connectivity index (χ0n) is 15.7. The minimum atomic E-state index is -3.17. The van der Waals surface area contributed by atoms with Crippen molar-refractivity contribution in [1.29, 1.82) is 0 Å². The van der Waals surface area contributed by atoms with Gasteiger partial charge in [-0.3, -0.25) is 4.79 Å². The monoisotopic (exact) mass is 475 g/mol. The largest absolute Gasteiger partial charge is 0.491 e. The summed E-state index contributed by atoms with van der Waals surface area (Å²) in [5, 5.41) is 1.04. The van der Waals surface area contributed by atoms with Crippen LogP contribution in [0.3, 0.4) is 0 Å². The van der Waals surface area contributed by atoms with Gasteiger partial charge in [-0.2, -0.15) is 0 Å². The average Bonchev–Trinajstić information content (AvgIpc) is 3.03. The predicted octanol–water partition coefficient (Wildman–Crippen LogP) is 4.88. The Morgan fingerprint density at radius 3 is 2.28 bits per heavy atom. The number of rotatable bonds is 6. The van der Waals surface area contributed by atoms with Gasteiger partial charge in [0.15, 0.2) is 15.6 Å². The van der Waals surface area contributed by atoms with Crippen molar-refractivity contribution in [3.63, 3.8) is 0 Å². The fourth-order valence-electron chi connectivity index (χ4n) is 3.31. The summed E-state index contributed by atoms with van der Waals surface area (Å²) >= 11 is 18.5. The number of nitrogens with zero attached hydrogens (tertiary/aromatic N) is 1. The van der Waals surface area contributed by atoms with Gasteiger partial charge in [-0.05, 0) is 43.2 Å². The number of hydrogen-bond donors (Lipinski definition) is 0. The Labute approximate surface area is 185 Å². The lowest BCUT2D eigenvalue weighted by molar-refractivity contribution is 0.0681. The summed E-state index contributed by atoms with van der Waals surface area (Å²) in [6.07, 6.45) is 0.389. The van der Waals surface area contributed by atoms with Crippen LogP contribution in [0.2, 0.25) is 15.1 Å². The van der Waals surface area contributed by atoms with Crippen LogP contribution < -0.4 is 4.74 Å². The van der Waals surface area contributed by atoms with E-state index in [1.54, 1.807) is 24.0 Å². The maximum atomic E-state index is 13.3. The third-order valence-electron chi connectivity index (χ3n) is 4.71. The van der Waals surface area contributed by atoms with E-state index in [0.717, 1.165) is 5.56 Å². The number of carbonyl (C=O) groups excluding carboxylic acids is 1. The molecule has 2 aromatic carbocycles. The maximum absolute atomic E-state index is 13.3. The van der Waals surface area contributed by atoms with Crippen LogP contribution in [0.25, 0.3) is 0 Å². The maximum Gasteiger partial charge on any atom is 0.254 e. The number of halogens is 3. The summed E-state index contributed by atoms with van der Waals surface area (Å²) < 4.78 is 29.4. The van der Waals surface area contributed by atoms with Crippen molar-refractivity contribution in [1.82, 2.24) is 4.90 Å². The van der Waals surface area contributed by atoms with Crippen LogP contribution in [-0.2, 0) is 16.4 Å². The van der Waals surface area contributed by atoms with E-state index >= 15 is 0 Å². The highest BCUT2D eigenvalue weighted by molar-refractivity contribution is 7.91. The molecule has 1 fully saturated rings. The number of amides is 1. The van der Waals surface area contributed by atoms with E-state index in [1.807, 2.05) is 12.1 Å². The second-order valence-corrected chi connectivity index (χ2v) is 10.3. The molecule has 2 aromatic rings. The standard InChI is InChI=1S/C20H20Cl3NO4S/c1-2-28-19-17(22)9-14(10-18(19)23)20(25)24(16-7-8-29(26,27)12-16)11-13-3-5-15(21)6-4-13/h3-6,9-10,16H,2,7-8,11-12H2,1H3. The number of carbonyl (C=O) groups is 1. The predicted molar refractivity (Wildman–Crippen MR) is 116 cm³/mol. The van der Waals surface area contributed by atoms with Gasteiger partial charge in [0.2, 0.25) is 0 Å². The van der Waals surface area contributed by atoms with Crippen LogP contribution in [0.1, 0.15) is 29.3 Å². The van der Waals surface area contributed by atoms with Gasteiger partial charge < -0.3 is 9.64 Å². The van der Waals surface area contributed by atoms with E-state index < -0.39 is 15.9 Å². The highest BCUT2D eigenvalue weighted by atomic mass is 35.5. The molecular formula is C20H20Cl3NO4S. The van der Waals surface area contributed by atoms with E-state index in [0.29, 0.717) is 23.8 Å². The van der Waals surface area contributed by atoms with Crippen molar-refractivity contribution in [2.75, 3.05) is 18.1 Å². The summed E-state index contributed by atoms with van der Waals surface area (Å²) in [6, 6.07) is 9.66. The van der Waals surface area contributed by atoms with Gasteiger partial charge in [0, 0.05) is 23.2 Å². The summed E-state index contributed by atoms with van der Waals surface area (Å²) in [5.41, 5.74) is 1.12. The second kappa shape index (κ2) is 9.13. The molecule has 5 nitrogen and oxygen atoms in total. The molecule has 3 rings (SSSR count). The Balaban J connectivity index is 1.94. The molecule has 9 heteroatoms. The Morgan fingerprint density at radius 2 is 1.76 bits per heavy atom. The molecule has 0 spiro atoms. The Bertz CT molecular complexity index is 986. The zero-order chi connectivity index (χ0) is 21.2. The molecule has 1 saturated heterocycles. The normalized spacial score (nSPS) is 17.9. The number of sulfone groups is 1. The molecule has 0 aromatic heterocycles. The van der Waals surface area contributed by atoms with Crippen molar-refractivity contribution in [3.8, 4) is 5.75 Å². The molecule has 0 saturated carbocycles. The van der Waals surface area contributed by atoms with Crippen LogP contribution in [0.15, 0.2) is 36.4 Å². The SMILES string of the molecule is CCOc1c(Cl)cc(C(=O)N(Cc2ccc(Cl)cc2)C2CCS(=O)(=O)C2)cc1Cl. The first-order chi connectivity index (χ1) is 13.7. The van der Waals surface area contributed by atoms with Gasteiger partial charge in [-0.15, -0.1) is 0 Å². The average molecular weight is 477 g/mol. The Kier molecular flexibility index (Phi) is 6.99. The summed E-state index contributed by atoms with van der Waals surface area (Å²) in [4.78, 5) is 14.9. The lowest BCUT2D eigenvalue weighted by atomic mass is 10.1.